The van der Waals surface area contributed by atoms with Gasteiger partial charge >= 0.3 is 0 Å². The number of nitrogens with two attached hydrogens (primary N) is 1. The molecule has 1 atom stereocenters. The molecule has 0 heterocycles. The average molecular weight is 252 g/mol. The number of carbonyl (C=O) groups is 1. The van der Waals surface area contributed by atoms with E-state index in [2.05, 4.69) is 5.32 Å². The fraction of sp³-hybridized carbons (Fsp3) is 0.462. The Morgan fingerprint density at radius 1 is 1.39 bits per heavy atom. The number of carbonyl (C=O) groups excluding carboxylic acids is 1. The normalized spacial score (nSPS) is 11.8. The van der Waals surface area contributed by atoms with Gasteiger partial charge in [-0.05, 0) is 25.5 Å². The highest BCUT2D eigenvalue weighted by molar-refractivity contribution is 5.93. The van der Waals surface area contributed by atoms with Gasteiger partial charge in [-0.1, -0.05) is 0 Å². The Morgan fingerprint density at radius 3 is 2.56 bits per heavy atom. The van der Waals surface area contributed by atoms with E-state index in [1.807, 2.05) is 13.0 Å². The summed E-state index contributed by atoms with van der Waals surface area (Å²) in [6, 6.07) is 3.40. The molecule has 1 aromatic rings. The molecule has 1 rings (SSSR count). The first-order valence-corrected chi connectivity index (χ1v) is 5.76. The van der Waals surface area contributed by atoms with Crippen molar-refractivity contribution in [3.8, 4) is 11.5 Å². The molecule has 0 aliphatic heterocycles. The summed E-state index contributed by atoms with van der Waals surface area (Å²) < 4.78 is 10.4. The van der Waals surface area contributed by atoms with Gasteiger partial charge in [-0.25, -0.2) is 0 Å². The van der Waals surface area contributed by atoms with Gasteiger partial charge in [-0.15, -0.1) is 0 Å². The molecule has 100 valence electrons. The van der Waals surface area contributed by atoms with E-state index in [0.29, 0.717) is 17.2 Å². The number of amides is 1. The van der Waals surface area contributed by atoms with Gasteiger partial charge in [0, 0.05) is 18.5 Å². The summed E-state index contributed by atoms with van der Waals surface area (Å²) in [6.45, 7) is 3.67. The molecule has 0 radical (unpaired) electrons. The van der Waals surface area contributed by atoms with Crippen molar-refractivity contribution in [3.05, 3.63) is 17.7 Å². The Hall–Kier alpha value is -1.75. The second-order valence-corrected chi connectivity index (χ2v) is 4.25. The van der Waals surface area contributed by atoms with Crippen LogP contribution in [0.2, 0.25) is 0 Å². The van der Waals surface area contributed by atoms with Gasteiger partial charge in [0.05, 0.1) is 19.9 Å². The summed E-state index contributed by atoms with van der Waals surface area (Å²) in [5.41, 5.74) is 7.12. The van der Waals surface area contributed by atoms with Crippen molar-refractivity contribution in [3.63, 3.8) is 0 Å². The highest BCUT2D eigenvalue weighted by atomic mass is 16.5. The van der Waals surface area contributed by atoms with E-state index in [1.54, 1.807) is 27.2 Å². The molecule has 1 unspecified atom stereocenters. The smallest absolute Gasteiger partial charge is 0.226 e. The van der Waals surface area contributed by atoms with Crippen LogP contribution in [0.3, 0.4) is 0 Å². The highest BCUT2D eigenvalue weighted by Gasteiger charge is 2.13. The number of rotatable bonds is 5. The molecule has 5 nitrogen and oxygen atoms in total. The van der Waals surface area contributed by atoms with E-state index in [9.17, 15) is 4.79 Å². The SMILES string of the molecule is COc1cc(C)c(NC(=O)CC(C)N)c(OC)c1. The number of hydrogen-bond acceptors (Lipinski definition) is 4. The molecule has 5 heteroatoms. The zero-order valence-corrected chi connectivity index (χ0v) is 11.2. The number of benzene rings is 1. The maximum Gasteiger partial charge on any atom is 0.226 e. The van der Waals surface area contributed by atoms with Crippen molar-refractivity contribution >= 4 is 11.6 Å². The van der Waals surface area contributed by atoms with E-state index < -0.39 is 0 Å². The highest BCUT2D eigenvalue weighted by Crippen LogP contribution is 2.33. The van der Waals surface area contributed by atoms with Crippen LogP contribution in [0.25, 0.3) is 0 Å². The Kier molecular flexibility index (Phi) is 4.97. The number of ether oxygens (including phenoxy) is 2. The minimum absolute atomic E-state index is 0.128. The second kappa shape index (κ2) is 6.26. The first kappa shape index (κ1) is 14.3. The summed E-state index contributed by atoms with van der Waals surface area (Å²) >= 11 is 0. The lowest BCUT2D eigenvalue weighted by Gasteiger charge is -2.15. The van der Waals surface area contributed by atoms with Crippen LogP contribution in [-0.2, 0) is 4.79 Å². The van der Waals surface area contributed by atoms with Crippen LogP contribution < -0.4 is 20.5 Å². The summed E-state index contributed by atoms with van der Waals surface area (Å²) in [7, 11) is 3.14. The van der Waals surface area contributed by atoms with E-state index >= 15 is 0 Å². The number of aryl methyl sites for hydroxylation is 1. The molecule has 3 N–H and O–H groups in total. The lowest BCUT2D eigenvalue weighted by Crippen LogP contribution is -2.24. The maximum atomic E-state index is 11.7. The van der Waals surface area contributed by atoms with Gasteiger partial charge in [-0.3, -0.25) is 4.79 Å². The summed E-state index contributed by atoms with van der Waals surface area (Å²) in [4.78, 5) is 11.7. The largest absolute Gasteiger partial charge is 0.497 e. The van der Waals surface area contributed by atoms with E-state index in [-0.39, 0.29) is 18.4 Å². The molecule has 1 amide bonds. The van der Waals surface area contributed by atoms with Crippen molar-refractivity contribution in [1.29, 1.82) is 0 Å². The van der Waals surface area contributed by atoms with Crippen LogP contribution in [0, 0.1) is 6.92 Å². The lowest BCUT2D eigenvalue weighted by atomic mass is 10.1. The van der Waals surface area contributed by atoms with Gasteiger partial charge in [0.15, 0.2) is 0 Å². The monoisotopic (exact) mass is 252 g/mol. The first-order chi connectivity index (χ1) is 8.47. The van der Waals surface area contributed by atoms with Crippen molar-refractivity contribution < 1.29 is 14.3 Å². The molecule has 0 spiro atoms. The number of anilines is 1. The van der Waals surface area contributed by atoms with E-state index in [4.69, 9.17) is 15.2 Å². The second-order valence-electron chi connectivity index (χ2n) is 4.25. The molecule has 0 bridgehead atoms. The van der Waals surface area contributed by atoms with Gasteiger partial charge in [-0.2, -0.15) is 0 Å². The van der Waals surface area contributed by atoms with Gasteiger partial charge in [0.1, 0.15) is 11.5 Å². The van der Waals surface area contributed by atoms with Gasteiger partial charge in [0.2, 0.25) is 5.91 Å². The number of nitrogens with one attached hydrogen (secondary N) is 1. The van der Waals surface area contributed by atoms with Crippen molar-refractivity contribution in [1.82, 2.24) is 0 Å². The predicted molar refractivity (Wildman–Crippen MR) is 71.2 cm³/mol. The van der Waals surface area contributed by atoms with Crippen LogP contribution in [0.4, 0.5) is 5.69 Å². The molecule has 0 saturated heterocycles. The zero-order chi connectivity index (χ0) is 13.7. The minimum atomic E-state index is -0.172. The quantitative estimate of drug-likeness (QED) is 0.836. The molecule has 0 aliphatic rings. The Morgan fingerprint density at radius 2 is 2.06 bits per heavy atom. The van der Waals surface area contributed by atoms with Gasteiger partial charge < -0.3 is 20.5 Å². The standard InChI is InChI=1S/C13H20N2O3/c1-8-5-10(17-3)7-11(18-4)13(8)15-12(16)6-9(2)14/h5,7,9H,6,14H2,1-4H3,(H,15,16). The number of methoxy groups -OCH3 is 2. The van der Waals surface area contributed by atoms with Gasteiger partial charge in [0.25, 0.3) is 0 Å². The minimum Gasteiger partial charge on any atom is -0.497 e. The molecule has 0 saturated carbocycles. The molecule has 1 aromatic carbocycles. The fourth-order valence-corrected chi connectivity index (χ4v) is 1.64. The van der Waals surface area contributed by atoms with E-state index in [0.717, 1.165) is 5.56 Å². The van der Waals surface area contributed by atoms with Crippen molar-refractivity contribution in [2.24, 2.45) is 5.73 Å². The van der Waals surface area contributed by atoms with Crippen LogP contribution in [0.5, 0.6) is 11.5 Å². The Bertz CT molecular complexity index is 430. The Labute approximate surface area is 107 Å². The van der Waals surface area contributed by atoms with Crippen LogP contribution in [0.15, 0.2) is 12.1 Å². The molecule has 18 heavy (non-hydrogen) atoms. The lowest BCUT2D eigenvalue weighted by molar-refractivity contribution is -0.116. The van der Waals surface area contributed by atoms with Crippen LogP contribution in [-0.4, -0.2) is 26.2 Å². The Balaban J connectivity index is 2.97. The predicted octanol–water partition coefficient (Wildman–Crippen LogP) is 1.69. The van der Waals surface area contributed by atoms with Crippen molar-refractivity contribution in [2.75, 3.05) is 19.5 Å². The third kappa shape index (κ3) is 3.63. The molecular formula is C13H20N2O3. The zero-order valence-electron chi connectivity index (χ0n) is 11.2. The molecule has 0 aromatic heterocycles. The third-order valence-electron chi connectivity index (χ3n) is 2.50. The summed E-state index contributed by atoms with van der Waals surface area (Å²) in [6.07, 6.45) is 0.272. The molecule has 0 fully saturated rings. The number of hydrogen-bond donors (Lipinski definition) is 2. The maximum absolute atomic E-state index is 11.7. The summed E-state index contributed by atoms with van der Waals surface area (Å²) in [5.74, 6) is 1.14. The first-order valence-electron chi connectivity index (χ1n) is 5.76. The van der Waals surface area contributed by atoms with Crippen molar-refractivity contribution in [2.45, 2.75) is 26.3 Å². The fourth-order valence-electron chi connectivity index (χ4n) is 1.64. The average Bonchev–Trinajstić information content (AvgIpc) is 2.30. The van der Waals surface area contributed by atoms with Crippen LogP contribution in [0.1, 0.15) is 18.9 Å². The summed E-state index contributed by atoms with van der Waals surface area (Å²) in [5, 5.41) is 2.81. The third-order valence-corrected chi connectivity index (χ3v) is 2.50. The topological polar surface area (TPSA) is 73.6 Å². The molecular weight excluding hydrogens is 232 g/mol. The molecule has 0 aliphatic carbocycles. The van der Waals surface area contributed by atoms with E-state index in [1.165, 1.54) is 0 Å². The van der Waals surface area contributed by atoms with Crippen LogP contribution >= 0.6 is 0 Å².